The minimum atomic E-state index is -3.72. The molecule has 1 aromatic carbocycles. The molecule has 0 radical (unpaired) electrons. The van der Waals surface area contributed by atoms with Crippen LogP contribution in [0.1, 0.15) is 63.9 Å². The normalized spacial score (nSPS) is 17.4. The van der Waals surface area contributed by atoms with Crippen LogP contribution in [-0.4, -0.2) is 27.4 Å². The molecule has 1 fully saturated rings. The molecule has 0 aromatic heterocycles. The molecule has 0 aliphatic heterocycles. The molecule has 1 amide bonds. The Bertz CT molecular complexity index is 662. The molecular formula is C19H30N2O3S. The highest BCUT2D eigenvalue weighted by Crippen LogP contribution is 2.32. The Morgan fingerprint density at radius 1 is 1.12 bits per heavy atom. The lowest BCUT2D eigenvalue weighted by atomic mass is 9.84. The predicted octanol–water partition coefficient (Wildman–Crippen LogP) is 3.17. The summed E-state index contributed by atoms with van der Waals surface area (Å²) in [4.78, 5) is 12.2. The highest BCUT2D eigenvalue weighted by atomic mass is 32.2. The van der Waals surface area contributed by atoms with Crippen LogP contribution in [0.25, 0.3) is 0 Å². The van der Waals surface area contributed by atoms with E-state index in [0.29, 0.717) is 12.3 Å². The number of sulfonamides is 1. The number of nitrogens with one attached hydrogen (secondary N) is 2. The second kappa shape index (κ2) is 8.81. The van der Waals surface area contributed by atoms with Gasteiger partial charge < -0.3 is 5.32 Å². The monoisotopic (exact) mass is 366 g/mol. The molecule has 0 bridgehead atoms. The van der Waals surface area contributed by atoms with E-state index in [1.807, 2.05) is 26.0 Å². The van der Waals surface area contributed by atoms with Gasteiger partial charge in [0.2, 0.25) is 15.9 Å². The average molecular weight is 367 g/mol. The van der Waals surface area contributed by atoms with E-state index < -0.39 is 16.1 Å². The van der Waals surface area contributed by atoms with Crippen LogP contribution in [0.3, 0.4) is 0 Å². The van der Waals surface area contributed by atoms with Gasteiger partial charge in [0.05, 0.1) is 4.90 Å². The maximum Gasteiger partial charge on any atom is 0.241 e. The summed E-state index contributed by atoms with van der Waals surface area (Å²) >= 11 is 0. The minimum Gasteiger partial charge on any atom is -0.358 e. The van der Waals surface area contributed by atoms with Gasteiger partial charge in [-0.05, 0) is 48.8 Å². The van der Waals surface area contributed by atoms with E-state index in [2.05, 4.69) is 10.0 Å². The summed E-state index contributed by atoms with van der Waals surface area (Å²) in [5.41, 5.74) is 1.21. The average Bonchev–Trinajstić information content (AvgIpc) is 2.60. The molecule has 1 atom stereocenters. The number of carbonyl (C=O) groups excluding carboxylic acids is 1. The fourth-order valence-corrected chi connectivity index (χ4v) is 4.67. The topological polar surface area (TPSA) is 75.3 Å². The number of hydrogen-bond donors (Lipinski definition) is 2. The SMILES string of the molecule is CNC(=O)[C@H](CC(C)C)NS(=O)(=O)c1ccc(C2CCCCC2)cc1. The Morgan fingerprint density at radius 3 is 2.24 bits per heavy atom. The van der Waals surface area contributed by atoms with Gasteiger partial charge in [0.25, 0.3) is 0 Å². The first-order valence-corrected chi connectivity index (χ1v) is 10.7. The van der Waals surface area contributed by atoms with Crippen molar-refractivity contribution in [3.05, 3.63) is 29.8 Å². The molecule has 1 aromatic rings. The number of amides is 1. The van der Waals surface area contributed by atoms with Crippen molar-refractivity contribution in [2.75, 3.05) is 7.05 Å². The van der Waals surface area contributed by atoms with Crippen molar-refractivity contribution < 1.29 is 13.2 Å². The van der Waals surface area contributed by atoms with E-state index in [0.717, 1.165) is 0 Å². The van der Waals surface area contributed by atoms with Crippen LogP contribution in [0.15, 0.2) is 29.2 Å². The molecule has 1 saturated carbocycles. The summed E-state index contributed by atoms with van der Waals surface area (Å²) in [7, 11) is -2.20. The molecule has 0 unspecified atom stereocenters. The van der Waals surface area contributed by atoms with Crippen molar-refractivity contribution in [3.8, 4) is 0 Å². The van der Waals surface area contributed by atoms with Gasteiger partial charge >= 0.3 is 0 Å². The van der Waals surface area contributed by atoms with E-state index in [9.17, 15) is 13.2 Å². The fourth-order valence-electron chi connectivity index (χ4n) is 3.46. The Balaban J connectivity index is 2.13. The first-order valence-electron chi connectivity index (χ1n) is 9.17. The van der Waals surface area contributed by atoms with Crippen molar-refractivity contribution in [3.63, 3.8) is 0 Å². The van der Waals surface area contributed by atoms with E-state index in [1.54, 1.807) is 12.1 Å². The quantitative estimate of drug-likeness (QED) is 0.778. The van der Waals surface area contributed by atoms with Crippen molar-refractivity contribution in [2.45, 2.75) is 69.2 Å². The molecule has 0 heterocycles. The third-order valence-corrected chi connectivity index (χ3v) is 6.32. The van der Waals surface area contributed by atoms with Crippen molar-refractivity contribution in [1.29, 1.82) is 0 Å². The molecule has 5 nitrogen and oxygen atoms in total. The summed E-state index contributed by atoms with van der Waals surface area (Å²) < 4.78 is 27.8. The zero-order valence-corrected chi connectivity index (χ0v) is 16.2. The molecule has 140 valence electrons. The Kier molecular flexibility index (Phi) is 7.02. The van der Waals surface area contributed by atoms with E-state index in [-0.39, 0.29) is 16.7 Å². The van der Waals surface area contributed by atoms with Gasteiger partial charge in [-0.1, -0.05) is 45.2 Å². The van der Waals surface area contributed by atoms with Crippen LogP contribution >= 0.6 is 0 Å². The second-order valence-electron chi connectivity index (χ2n) is 7.32. The zero-order valence-electron chi connectivity index (χ0n) is 15.4. The second-order valence-corrected chi connectivity index (χ2v) is 9.04. The van der Waals surface area contributed by atoms with Crippen molar-refractivity contribution in [2.24, 2.45) is 5.92 Å². The van der Waals surface area contributed by atoms with Gasteiger partial charge in [-0.15, -0.1) is 0 Å². The van der Waals surface area contributed by atoms with Gasteiger partial charge in [0, 0.05) is 7.05 Å². The molecule has 2 rings (SSSR count). The van der Waals surface area contributed by atoms with Gasteiger partial charge in [-0.3, -0.25) is 4.79 Å². The summed E-state index contributed by atoms with van der Waals surface area (Å²) in [6.07, 6.45) is 6.60. The maximum atomic E-state index is 12.6. The Morgan fingerprint density at radius 2 is 1.72 bits per heavy atom. The van der Waals surface area contributed by atoms with Crippen molar-refractivity contribution >= 4 is 15.9 Å². The zero-order chi connectivity index (χ0) is 18.4. The Hall–Kier alpha value is -1.40. The van der Waals surface area contributed by atoms with Crippen LogP contribution in [-0.2, 0) is 14.8 Å². The molecule has 25 heavy (non-hydrogen) atoms. The van der Waals surface area contributed by atoms with E-state index in [1.165, 1.54) is 44.7 Å². The number of hydrogen-bond acceptors (Lipinski definition) is 3. The highest BCUT2D eigenvalue weighted by molar-refractivity contribution is 7.89. The van der Waals surface area contributed by atoms with Crippen molar-refractivity contribution in [1.82, 2.24) is 10.0 Å². The minimum absolute atomic E-state index is 0.207. The van der Waals surface area contributed by atoms with Crippen LogP contribution in [0.4, 0.5) is 0 Å². The standard InChI is InChI=1S/C19H30N2O3S/c1-14(2)13-18(19(22)20-3)21-25(23,24)17-11-9-16(10-12-17)15-7-5-4-6-8-15/h9-12,14-15,18,21H,4-8,13H2,1-3H3,(H,20,22)/t18-/m0/s1. The largest absolute Gasteiger partial charge is 0.358 e. The molecule has 0 spiro atoms. The summed E-state index contributed by atoms with van der Waals surface area (Å²) in [6.45, 7) is 3.92. The van der Waals surface area contributed by atoms with Gasteiger partial charge in [0.1, 0.15) is 6.04 Å². The summed E-state index contributed by atoms with van der Waals surface area (Å²) in [6, 6.07) is 6.39. The third-order valence-electron chi connectivity index (χ3n) is 4.83. The van der Waals surface area contributed by atoms with Gasteiger partial charge in [0.15, 0.2) is 0 Å². The Labute approximate surface area is 151 Å². The predicted molar refractivity (Wildman–Crippen MR) is 99.9 cm³/mol. The maximum absolute atomic E-state index is 12.6. The molecule has 6 heteroatoms. The number of carbonyl (C=O) groups is 1. The first kappa shape index (κ1) is 19.9. The van der Waals surface area contributed by atoms with E-state index in [4.69, 9.17) is 0 Å². The summed E-state index contributed by atoms with van der Waals surface area (Å²) in [5.74, 6) is 0.438. The van der Waals surface area contributed by atoms with Crippen LogP contribution in [0.2, 0.25) is 0 Å². The van der Waals surface area contributed by atoms with Gasteiger partial charge in [-0.2, -0.15) is 4.72 Å². The first-order chi connectivity index (χ1) is 11.8. The lowest BCUT2D eigenvalue weighted by Crippen LogP contribution is -2.46. The van der Waals surface area contributed by atoms with Crippen LogP contribution in [0, 0.1) is 5.92 Å². The van der Waals surface area contributed by atoms with Crippen LogP contribution in [0.5, 0.6) is 0 Å². The highest BCUT2D eigenvalue weighted by Gasteiger charge is 2.26. The fraction of sp³-hybridized carbons (Fsp3) is 0.632. The summed E-state index contributed by atoms with van der Waals surface area (Å²) in [5, 5.41) is 2.53. The smallest absolute Gasteiger partial charge is 0.241 e. The molecule has 2 N–H and O–H groups in total. The lowest BCUT2D eigenvalue weighted by molar-refractivity contribution is -0.122. The van der Waals surface area contributed by atoms with E-state index >= 15 is 0 Å². The van der Waals surface area contributed by atoms with Crippen LogP contribution < -0.4 is 10.0 Å². The van der Waals surface area contributed by atoms with Gasteiger partial charge in [-0.25, -0.2) is 8.42 Å². The number of benzene rings is 1. The number of likely N-dealkylation sites (N-methyl/N-ethyl adjacent to an activating group) is 1. The molecular weight excluding hydrogens is 336 g/mol. The lowest BCUT2D eigenvalue weighted by Gasteiger charge is -2.22. The number of rotatable bonds is 7. The molecule has 1 aliphatic carbocycles. The molecule has 0 saturated heterocycles. The third kappa shape index (κ3) is 5.54. The molecule has 1 aliphatic rings.